The summed E-state index contributed by atoms with van der Waals surface area (Å²) in [5, 5.41) is 9.51. The number of carbonyl (C=O) groups is 1. The van der Waals surface area contributed by atoms with Gasteiger partial charge in [-0.05, 0) is 43.0 Å². The van der Waals surface area contributed by atoms with E-state index in [9.17, 15) is 4.79 Å². The van der Waals surface area contributed by atoms with Gasteiger partial charge in [0.1, 0.15) is 6.54 Å². The zero-order valence-electron chi connectivity index (χ0n) is 17.5. The van der Waals surface area contributed by atoms with Crippen LogP contribution in [0.25, 0.3) is 16.7 Å². The lowest BCUT2D eigenvalue weighted by Crippen LogP contribution is -2.25. The molecule has 158 valence electrons. The number of nitrogens with one attached hydrogen (secondary N) is 1. The van der Waals surface area contributed by atoms with Gasteiger partial charge in [-0.1, -0.05) is 24.3 Å². The second-order valence-corrected chi connectivity index (χ2v) is 7.85. The highest BCUT2D eigenvalue weighted by Crippen LogP contribution is 2.31. The molecule has 5 rings (SSSR count). The lowest BCUT2D eigenvalue weighted by Gasteiger charge is -2.24. The molecule has 3 heterocycles. The van der Waals surface area contributed by atoms with Crippen LogP contribution in [0.2, 0.25) is 0 Å². The number of pyridine rings is 1. The van der Waals surface area contributed by atoms with Crippen molar-refractivity contribution in [1.82, 2.24) is 24.6 Å². The lowest BCUT2D eigenvalue weighted by atomic mass is 9.92. The summed E-state index contributed by atoms with van der Waals surface area (Å²) in [5.74, 6) is 0.606. The Labute approximate surface area is 180 Å². The van der Waals surface area contributed by atoms with Crippen LogP contribution < -0.4 is 5.32 Å². The Kier molecular flexibility index (Phi) is 5.26. The van der Waals surface area contributed by atoms with Crippen molar-refractivity contribution in [3.05, 3.63) is 77.9 Å². The fourth-order valence-electron chi connectivity index (χ4n) is 4.48. The van der Waals surface area contributed by atoms with E-state index in [0.29, 0.717) is 6.54 Å². The second kappa shape index (κ2) is 8.35. The average molecular weight is 415 g/mol. The van der Waals surface area contributed by atoms with E-state index in [1.54, 1.807) is 6.20 Å². The maximum atomic E-state index is 11.8. The molecule has 1 aromatic carbocycles. The molecular weight excluding hydrogens is 390 g/mol. The number of esters is 1. The Balaban J connectivity index is 1.39. The minimum Gasteiger partial charge on any atom is -0.468 e. The molecule has 0 amide bonds. The van der Waals surface area contributed by atoms with Crippen LogP contribution >= 0.6 is 0 Å². The average Bonchev–Trinajstić information content (AvgIpc) is 3.40. The molecule has 1 aliphatic carbocycles. The van der Waals surface area contributed by atoms with Crippen LogP contribution in [0.5, 0.6) is 0 Å². The molecule has 0 aliphatic heterocycles. The number of para-hydroxylation sites is 1. The molecule has 0 saturated heterocycles. The number of rotatable bonds is 6. The van der Waals surface area contributed by atoms with Gasteiger partial charge in [-0.15, -0.1) is 0 Å². The number of aromatic nitrogens is 4. The summed E-state index contributed by atoms with van der Waals surface area (Å²) in [7, 11) is 1.42. The Bertz CT molecular complexity index is 1210. The molecule has 0 spiro atoms. The SMILES string of the molecule is COC(=O)Cn1cc(CN[C@@H]2CCCc3c2cnn3-c2ccccn2)c2ccccc21. The van der Waals surface area contributed by atoms with Gasteiger partial charge in [0.05, 0.1) is 19.0 Å². The third kappa shape index (κ3) is 3.72. The molecule has 0 bridgehead atoms. The van der Waals surface area contributed by atoms with Crippen molar-refractivity contribution in [3.63, 3.8) is 0 Å². The summed E-state index contributed by atoms with van der Waals surface area (Å²) in [5.41, 5.74) is 4.69. The maximum absolute atomic E-state index is 11.8. The van der Waals surface area contributed by atoms with Crippen LogP contribution in [0.15, 0.2) is 61.1 Å². The molecule has 0 unspecified atom stereocenters. The first-order valence-corrected chi connectivity index (χ1v) is 10.6. The Hall–Kier alpha value is -3.45. The highest BCUT2D eigenvalue weighted by atomic mass is 16.5. The summed E-state index contributed by atoms with van der Waals surface area (Å²) in [6, 6.07) is 14.3. The van der Waals surface area contributed by atoms with E-state index >= 15 is 0 Å². The summed E-state index contributed by atoms with van der Waals surface area (Å²) >= 11 is 0. The van der Waals surface area contributed by atoms with Crippen LogP contribution in [0.4, 0.5) is 0 Å². The van der Waals surface area contributed by atoms with Gasteiger partial charge in [-0.25, -0.2) is 9.67 Å². The second-order valence-electron chi connectivity index (χ2n) is 7.85. The minimum absolute atomic E-state index is 0.210. The van der Waals surface area contributed by atoms with Gasteiger partial charge < -0.3 is 14.6 Å². The van der Waals surface area contributed by atoms with Crippen molar-refractivity contribution in [2.75, 3.05) is 7.11 Å². The van der Waals surface area contributed by atoms with Crippen LogP contribution in [0, 0.1) is 0 Å². The standard InChI is InChI=1S/C24H25N5O2/c1-31-24(30)16-28-15-17(18-7-2-3-9-21(18)28)13-26-20-8-6-10-22-19(20)14-27-29(22)23-11-4-5-12-25-23/h2-5,7,9,11-12,14-15,20,26H,6,8,10,13,16H2,1H3/t20-/m1/s1. The smallest absolute Gasteiger partial charge is 0.325 e. The quantitative estimate of drug-likeness (QED) is 0.488. The monoisotopic (exact) mass is 415 g/mol. The Morgan fingerprint density at radius 2 is 2.10 bits per heavy atom. The van der Waals surface area contributed by atoms with Crippen molar-refractivity contribution < 1.29 is 9.53 Å². The molecule has 7 nitrogen and oxygen atoms in total. The van der Waals surface area contributed by atoms with Crippen LogP contribution in [0.1, 0.15) is 35.7 Å². The lowest BCUT2D eigenvalue weighted by molar-refractivity contribution is -0.141. The topological polar surface area (TPSA) is 74.0 Å². The molecule has 1 atom stereocenters. The zero-order chi connectivity index (χ0) is 21.2. The van der Waals surface area contributed by atoms with E-state index in [0.717, 1.165) is 36.0 Å². The van der Waals surface area contributed by atoms with Gasteiger partial charge >= 0.3 is 5.97 Å². The van der Waals surface area contributed by atoms with Crippen molar-refractivity contribution in [2.24, 2.45) is 0 Å². The maximum Gasteiger partial charge on any atom is 0.325 e. The Morgan fingerprint density at radius 1 is 1.23 bits per heavy atom. The summed E-state index contributed by atoms with van der Waals surface area (Å²) < 4.78 is 8.78. The molecule has 1 aliphatic rings. The van der Waals surface area contributed by atoms with Crippen molar-refractivity contribution in [3.8, 4) is 5.82 Å². The molecule has 0 fully saturated rings. The largest absolute Gasteiger partial charge is 0.468 e. The molecule has 4 aromatic rings. The first kappa shape index (κ1) is 19.5. The van der Waals surface area contributed by atoms with Gasteiger partial charge in [0.25, 0.3) is 0 Å². The summed E-state index contributed by atoms with van der Waals surface area (Å²) in [4.78, 5) is 16.3. The predicted octanol–water partition coefficient (Wildman–Crippen LogP) is 3.56. The van der Waals surface area contributed by atoms with E-state index in [4.69, 9.17) is 4.74 Å². The van der Waals surface area contributed by atoms with Crippen LogP contribution in [-0.2, 0) is 29.0 Å². The Morgan fingerprint density at radius 3 is 2.94 bits per heavy atom. The van der Waals surface area contributed by atoms with Gasteiger partial charge in [-0.2, -0.15) is 5.10 Å². The van der Waals surface area contributed by atoms with Crippen molar-refractivity contribution >= 4 is 16.9 Å². The summed E-state index contributed by atoms with van der Waals surface area (Å²) in [6.07, 6.45) is 9.00. The van der Waals surface area contributed by atoms with Gasteiger partial charge in [0.2, 0.25) is 0 Å². The number of hydrogen-bond acceptors (Lipinski definition) is 5. The number of nitrogens with zero attached hydrogens (tertiary/aromatic N) is 4. The predicted molar refractivity (Wildman–Crippen MR) is 118 cm³/mol. The minimum atomic E-state index is -0.251. The first-order chi connectivity index (χ1) is 15.2. The molecule has 0 radical (unpaired) electrons. The number of ether oxygens (including phenoxy) is 1. The van der Waals surface area contributed by atoms with E-state index in [1.807, 2.05) is 51.8 Å². The molecule has 3 aromatic heterocycles. The van der Waals surface area contributed by atoms with Crippen LogP contribution in [0.3, 0.4) is 0 Å². The third-order valence-electron chi connectivity index (χ3n) is 5.99. The van der Waals surface area contributed by atoms with E-state index < -0.39 is 0 Å². The van der Waals surface area contributed by atoms with Crippen molar-refractivity contribution in [1.29, 1.82) is 0 Å². The zero-order valence-corrected chi connectivity index (χ0v) is 17.5. The highest BCUT2D eigenvalue weighted by molar-refractivity contribution is 5.85. The number of methoxy groups -OCH3 is 1. The molecule has 1 N–H and O–H groups in total. The fourth-order valence-corrected chi connectivity index (χ4v) is 4.48. The number of benzene rings is 1. The summed E-state index contributed by atoms with van der Waals surface area (Å²) in [6.45, 7) is 0.926. The van der Waals surface area contributed by atoms with Crippen molar-refractivity contribution in [2.45, 2.75) is 38.4 Å². The van der Waals surface area contributed by atoms with E-state index in [1.165, 1.54) is 23.9 Å². The molecule has 7 heteroatoms. The third-order valence-corrected chi connectivity index (χ3v) is 5.99. The van der Waals surface area contributed by atoms with Crippen LogP contribution in [-0.4, -0.2) is 32.4 Å². The first-order valence-electron chi connectivity index (χ1n) is 10.6. The number of hydrogen-bond donors (Lipinski definition) is 1. The van der Waals surface area contributed by atoms with Gasteiger partial charge in [-0.3, -0.25) is 4.79 Å². The normalized spacial score (nSPS) is 15.7. The number of carbonyl (C=O) groups excluding carboxylic acids is 1. The van der Waals surface area contributed by atoms with Gasteiger partial charge in [0.15, 0.2) is 5.82 Å². The van der Waals surface area contributed by atoms with Gasteiger partial charge in [0, 0.05) is 41.4 Å². The molecule has 0 saturated carbocycles. The number of fused-ring (bicyclic) bond motifs is 2. The fraction of sp³-hybridized carbons (Fsp3) is 0.292. The molecule has 31 heavy (non-hydrogen) atoms. The van der Waals surface area contributed by atoms with E-state index in [2.05, 4.69) is 27.7 Å². The molecular formula is C24H25N5O2. The highest BCUT2D eigenvalue weighted by Gasteiger charge is 2.25. The van der Waals surface area contributed by atoms with E-state index in [-0.39, 0.29) is 18.6 Å².